The summed E-state index contributed by atoms with van der Waals surface area (Å²) in [6.07, 6.45) is 13.8. The summed E-state index contributed by atoms with van der Waals surface area (Å²) in [5.74, 6) is 0.651. The molecule has 1 fully saturated rings. The van der Waals surface area contributed by atoms with Crippen molar-refractivity contribution >= 4 is 34.0 Å². The van der Waals surface area contributed by atoms with E-state index in [-0.39, 0.29) is 11.3 Å². The van der Waals surface area contributed by atoms with Crippen molar-refractivity contribution in [2.24, 2.45) is 0 Å². The lowest BCUT2D eigenvalue weighted by Gasteiger charge is -2.18. The summed E-state index contributed by atoms with van der Waals surface area (Å²) >= 11 is 1.45. The lowest BCUT2D eigenvalue weighted by atomic mass is 9.90. The highest BCUT2D eigenvalue weighted by Gasteiger charge is 2.21. The molecule has 2 aromatic rings. The molecule has 128 valence electrons. The summed E-state index contributed by atoms with van der Waals surface area (Å²) in [4.78, 5) is 28.3. The number of nitrogen functional groups attached to an aromatic ring is 1. The van der Waals surface area contributed by atoms with Gasteiger partial charge in [0, 0.05) is 5.92 Å². The number of hydrogen-bond donors (Lipinski definition) is 1. The smallest absolute Gasteiger partial charge is 0.283 e. The van der Waals surface area contributed by atoms with Crippen LogP contribution < -0.4 is 11.3 Å². The van der Waals surface area contributed by atoms with Crippen LogP contribution >= 0.6 is 11.3 Å². The summed E-state index contributed by atoms with van der Waals surface area (Å²) in [6, 6.07) is 0. The van der Waals surface area contributed by atoms with Gasteiger partial charge >= 0.3 is 0 Å². The van der Waals surface area contributed by atoms with E-state index in [9.17, 15) is 9.59 Å². The molecule has 7 heteroatoms. The lowest BCUT2D eigenvalue weighted by Crippen LogP contribution is -2.17. The van der Waals surface area contributed by atoms with E-state index in [4.69, 9.17) is 5.73 Å². The molecule has 0 bridgehead atoms. The standard InChI is InChI=1S/C18H18N4O2S/c19-15-14(10-11-6-8-13(23)9-7-11)16(24)20-18-22(15)21-17(25-18)12-4-2-1-3-5-12/h6-10,12H,1-5,19H2. The largest absolute Gasteiger partial charge is 0.383 e. The maximum Gasteiger partial charge on any atom is 0.283 e. The molecule has 25 heavy (non-hydrogen) atoms. The topological polar surface area (TPSA) is 90.4 Å². The highest BCUT2D eigenvalue weighted by atomic mass is 32.1. The van der Waals surface area contributed by atoms with E-state index in [2.05, 4.69) is 10.1 Å². The monoisotopic (exact) mass is 354 g/mol. The maximum absolute atomic E-state index is 12.4. The molecule has 1 saturated carbocycles. The van der Waals surface area contributed by atoms with Gasteiger partial charge in [-0.15, -0.1) is 0 Å². The summed E-state index contributed by atoms with van der Waals surface area (Å²) in [5, 5.41) is 5.64. The van der Waals surface area contributed by atoms with E-state index in [1.54, 1.807) is 22.7 Å². The van der Waals surface area contributed by atoms with Gasteiger partial charge in [-0.3, -0.25) is 9.59 Å². The summed E-state index contributed by atoms with van der Waals surface area (Å²) in [6.45, 7) is 0. The van der Waals surface area contributed by atoms with E-state index in [1.807, 2.05) is 0 Å². The Labute approximate surface area is 148 Å². The van der Waals surface area contributed by atoms with Crippen LogP contribution in [0.1, 0.15) is 48.6 Å². The molecule has 0 spiro atoms. The predicted molar refractivity (Wildman–Crippen MR) is 98.6 cm³/mol. The number of hydrogen-bond acceptors (Lipinski definition) is 6. The quantitative estimate of drug-likeness (QED) is 0.895. The summed E-state index contributed by atoms with van der Waals surface area (Å²) < 4.78 is 1.57. The third-order valence-corrected chi connectivity index (χ3v) is 5.72. The molecule has 2 heterocycles. The van der Waals surface area contributed by atoms with E-state index >= 15 is 0 Å². The zero-order chi connectivity index (χ0) is 17.4. The first-order chi connectivity index (χ1) is 12.1. The van der Waals surface area contributed by atoms with Crippen molar-refractivity contribution in [2.45, 2.75) is 38.0 Å². The van der Waals surface area contributed by atoms with Crippen LogP contribution in [0.15, 0.2) is 34.7 Å². The number of anilines is 1. The Morgan fingerprint density at radius 2 is 1.84 bits per heavy atom. The fourth-order valence-corrected chi connectivity index (χ4v) is 4.34. The minimum Gasteiger partial charge on any atom is -0.383 e. The van der Waals surface area contributed by atoms with E-state index in [1.165, 1.54) is 42.8 Å². The van der Waals surface area contributed by atoms with Gasteiger partial charge in [0.2, 0.25) is 4.96 Å². The molecule has 0 amide bonds. The van der Waals surface area contributed by atoms with Gasteiger partial charge < -0.3 is 5.73 Å². The molecular formula is C18H18N4O2S. The van der Waals surface area contributed by atoms with Crippen molar-refractivity contribution in [3.05, 3.63) is 50.8 Å². The first-order valence-electron chi connectivity index (χ1n) is 8.43. The van der Waals surface area contributed by atoms with Crippen molar-refractivity contribution in [3.8, 4) is 0 Å². The Bertz CT molecular complexity index is 972. The molecule has 0 saturated heterocycles. The van der Waals surface area contributed by atoms with Gasteiger partial charge in [0.05, 0.1) is 5.56 Å². The van der Waals surface area contributed by atoms with E-state index in [0.717, 1.165) is 23.4 Å². The number of fused-ring (bicyclic) bond motifs is 1. The molecular weight excluding hydrogens is 336 g/mol. The van der Waals surface area contributed by atoms with Crippen molar-refractivity contribution in [3.63, 3.8) is 0 Å². The number of carbonyl (C=O) groups excluding carboxylic acids is 1. The molecule has 2 aliphatic carbocycles. The van der Waals surface area contributed by atoms with Crippen LogP contribution in [0.25, 0.3) is 11.0 Å². The number of nitrogens with zero attached hydrogens (tertiary/aromatic N) is 3. The summed E-state index contributed by atoms with van der Waals surface area (Å²) in [5.41, 5.74) is 6.87. The molecule has 0 radical (unpaired) electrons. The zero-order valence-electron chi connectivity index (χ0n) is 13.6. The van der Waals surface area contributed by atoms with Crippen LogP contribution in [0, 0.1) is 0 Å². The van der Waals surface area contributed by atoms with Crippen LogP contribution in [0.2, 0.25) is 0 Å². The van der Waals surface area contributed by atoms with Crippen molar-refractivity contribution in [1.82, 2.24) is 14.6 Å². The second kappa shape index (κ2) is 6.40. The van der Waals surface area contributed by atoms with Crippen molar-refractivity contribution in [2.75, 3.05) is 5.73 Å². The molecule has 0 aliphatic heterocycles. The third-order valence-electron chi connectivity index (χ3n) is 4.65. The molecule has 6 nitrogen and oxygen atoms in total. The molecule has 2 aliphatic rings. The van der Waals surface area contributed by atoms with Gasteiger partial charge in [-0.2, -0.15) is 14.6 Å². The van der Waals surface area contributed by atoms with Crippen LogP contribution in [-0.4, -0.2) is 20.4 Å². The Morgan fingerprint density at radius 1 is 1.12 bits per heavy atom. The number of nitrogens with two attached hydrogens (primary N) is 1. The Kier molecular flexibility index (Phi) is 4.09. The minimum absolute atomic E-state index is 0.0768. The molecule has 2 N–H and O–H groups in total. The number of rotatable bonds is 2. The number of allylic oxidation sites excluding steroid dienone is 5. The SMILES string of the molecule is Nc1c(C=C2C=CC(=O)C=C2)c(=O)nc2sc(C3CCCCC3)nn12. The van der Waals surface area contributed by atoms with Crippen LogP contribution in [0.5, 0.6) is 0 Å². The Balaban J connectivity index is 1.77. The molecule has 0 atom stereocenters. The van der Waals surface area contributed by atoms with Gasteiger partial charge in [0.15, 0.2) is 5.78 Å². The van der Waals surface area contributed by atoms with Gasteiger partial charge in [-0.1, -0.05) is 42.8 Å². The second-order valence-corrected chi connectivity index (χ2v) is 7.39. The Hall–Kier alpha value is -2.54. The number of aromatic nitrogens is 3. The first kappa shape index (κ1) is 16.0. The van der Waals surface area contributed by atoms with Crippen LogP contribution in [0.3, 0.4) is 0 Å². The fraction of sp³-hybridized carbons (Fsp3) is 0.333. The van der Waals surface area contributed by atoms with Crippen LogP contribution in [0.4, 0.5) is 5.82 Å². The van der Waals surface area contributed by atoms with Gasteiger partial charge in [0.1, 0.15) is 10.8 Å². The summed E-state index contributed by atoms with van der Waals surface area (Å²) in [7, 11) is 0. The third kappa shape index (κ3) is 3.07. The van der Waals surface area contributed by atoms with E-state index in [0.29, 0.717) is 22.3 Å². The van der Waals surface area contributed by atoms with Gasteiger partial charge in [-0.05, 0) is 36.6 Å². The van der Waals surface area contributed by atoms with Crippen LogP contribution in [-0.2, 0) is 4.79 Å². The maximum atomic E-state index is 12.4. The molecule has 4 rings (SSSR count). The minimum atomic E-state index is -0.373. The average molecular weight is 354 g/mol. The molecule has 2 aromatic heterocycles. The Morgan fingerprint density at radius 3 is 2.56 bits per heavy atom. The number of carbonyl (C=O) groups is 1. The average Bonchev–Trinajstić information content (AvgIpc) is 3.05. The highest BCUT2D eigenvalue weighted by Crippen LogP contribution is 2.35. The first-order valence-corrected chi connectivity index (χ1v) is 9.24. The van der Waals surface area contributed by atoms with Gasteiger partial charge in [0.25, 0.3) is 5.56 Å². The normalized spacial score (nSPS) is 18.2. The van der Waals surface area contributed by atoms with Gasteiger partial charge in [-0.25, -0.2) is 0 Å². The second-order valence-electron chi connectivity index (χ2n) is 6.40. The zero-order valence-corrected chi connectivity index (χ0v) is 14.5. The number of ketones is 1. The molecule has 0 unspecified atom stereocenters. The van der Waals surface area contributed by atoms with Crippen molar-refractivity contribution < 1.29 is 4.79 Å². The van der Waals surface area contributed by atoms with E-state index < -0.39 is 0 Å². The molecule has 0 aromatic carbocycles. The van der Waals surface area contributed by atoms with Crippen molar-refractivity contribution in [1.29, 1.82) is 0 Å². The highest BCUT2D eigenvalue weighted by molar-refractivity contribution is 7.16. The fourth-order valence-electron chi connectivity index (χ4n) is 3.28. The predicted octanol–water partition coefficient (Wildman–Crippen LogP) is 2.86. The lowest BCUT2D eigenvalue weighted by molar-refractivity contribution is -0.110.